The molecule has 0 amide bonds. The first-order valence-electron chi connectivity index (χ1n) is 5.97. The quantitative estimate of drug-likeness (QED) is 0.566. The van der Waals surface area contributed by atoms with Crippen LogP contribution in [0.4, 0.5) is 0 Å². The Hall–Kier alpha value is -1.22. The Kier molecular flexibility index (Phi) is 3.28. The molecule has 2 aliphatic rings. The molecule has 0 aromatic carbocycles. The zero-order valence-electron chi connectivity index (χ0n) is 11.1. The average molecular weight is 266 g/mol. The second-order valence-corrected chi connectivity index (χ2v) is 7.14. The van der Waals surface area contributed by atoms with E-state index < -0.39 is 0 Å². The number of hydrogen-bond acceptors (Lipinski definition) is 5. The van der Waals surface area contributed by atoms with Crippen LogP contribution in [-0.4, -0.2) is 52.3 Å². The summed E-state index contributed by atoms with van der Waals surface area (Å²) in [5.74, 6) is 1.02. The third-order valence-electron chi connectivity index (χ3n) is 3.35. The van der Waals surface area contributed by atoms with Crippen LogP contribution in [-0.2, 0) is 4.79 Å². The van der Waals surface area contributed by atoms with Gasteiger partial charge in [0, 0.05) is 25.3 Å². The monoisotopic (exact) mass is 266 g/mol. The standard InChI is InChI=1S/C12H18N4OS/c1-12(2)9(7-13)16-10(14-15(3)4)8(5-6-17)11(16)18-12/h6,8-9,11H,5H2,1-4H3/t8-,9+,11-/m1/s1. The Morgan fingerprint density at radius 2 is 2.28 bits per heavy atom. The van der Waals surface area contributed by atoms with Gasteiger partial charge in [0.1, 0.15) is 18.2 Å². The summed E-state index contributed by atoms with van der Waals surface area (Å²) < 4.78 is -0.121. The molecule has 2 saturated heterocycles. The molecule has 0 bridgehead atoms. The maximum Gasteiger partial charge on any atom is 0.133 e. The molecule has 0 spiro atoms. The molecule has 0 aliphatic carbocycles. The number of thioether (sulfide) groups is 1. The summed E-state index contributed by atoms with van der Waals surface area (Å²) in [5.41, 5.74) is 0. The van der Waals surface area contributed by atoms with Crippen molar-refractivity contribution < 1.29 is 4.79 Å². The summed E-state index contributed by atoms with van der Waals surface area (Å²) >= 11 is 1.77. The first-order chi connectivity index (χ1) is 8.42. The van der Waals surface area contributed by atoms with Crippen LogP contribution in [0.2, 0.25) is 0 Å². The highest BCUT2D eigenvalue weighted by Crippen LogP contribution is 2.54. The van der Waals surface area contributed by atoms with Gasteiger partial charge in [0.2, 0.25) is 0 Å². The van der Waals surface area contributed by atoms with Crippen LogP contribution in [0.3, 0.4) is 0 Å². The van der Waals surface area contributed by atoms with Crippen LogP contribution >= 0.6 is 11.8 Å². The van der Waals surface area contributed by atoms with Crippen molar-refractivity contribution in [3.05, 3.63) is 0 Å². The van der Waals surface area contributed by atoms with Crippen molar-refractivity contribution in [1.29, 1.82) is 5.26 Å². The molecule has 5 nitrogen and oxygen atoms in total. The molecular formula is C12H18N4OS. The fourth-order valence-electron chi connectivity index (χ4n) is 2.56. The highest BCUT2D eigenvalue weighted by atomic mass is 32.2. The minimum absolute atomic E-state index is 0.121. The van der Waals surface area contributed by atoms with Gasteiger partial charge >= 0.3 is 0 Å². The van der Waals surface area contributed by atoms with E-state index in [4.69, 9.17) is 0 Å². The summed E-state index contributed by atoms with van der Waals surface area (Å²) in [6.45, 7) is 4.16. The molecule has 3 atom stereocenters. The van der Waals surface area contributed by atoms with E-state index in [1.807, 2.05) is 14.1 Å². The predicted molar refractivity (Wildman–Crippen MR) is 72.0 cm³/mol. The molecule has 0 N–H and O–H groups in total. The third kappa shape index (κ3) is 1.87. The fraction of sp³-hybridized carbons (Fsp3) is 0.750. The lowest BCUT2D eigenvalue weighted by atomic mass is 9.90. The molecule has 18 heavy (non-hydrogen) atoms. The maximum absolute atomic E-state index is 10.8. The highest BCUT2D eigenvalue weighted by Gasteiger charge is 2.60. The highest BCUT2D eigenvalue weighted by molar-refractivity contribution is 8.01. The van der Waals surface area contributed by atoms with Gasteiger partial charge in [-0.2, -0.15) is 10.4 Å². The molecule has 2 heterocycles. The molecule has 0 aromatic rings. The van der Waals surface area contributed by atoms with Gasteiger partial charge in [-0.3, -0.25) is 0 Å². The minimum atomic E-state index is -0.172. The molecule has 98 valence electrons. The Morgan fingerprint density at radius 1 is 1.61 bits per heavy atom. The largest absolute Gasteiger partial charge is 0.328 e. The van der Waals surface area contributed by atoms with Crippen LogP contribution in [0.15, 0.2) is 5.10 Å². The van der Waals surface area contributed by atoms with Crippen molar-refractivity contribution in [2.45, 2.75) is 36.4 Å². The minimum Gasteiger partial charge on any atom is -0.328 e. The normalized spacial score (nSPS) is 34.7. The maximum atomic E-state index is 10.8. The number of hydrogen-bond donors (Lipinski definition) is 0. The van der Waals surface area contributed by atoms with E-state index in [1.54, 1.807) is 16.8 Å². The van der Waals surface area contributed by atoms with Gasteiger partial charge in [-0.05, 0) is 13.8 Å². The number of rotatable bonds is 3. The van der Waals surface area contributed by atoms with Gasteiger partial charge in [0.15, 0.2) is 0 Å². The molecule has 0 unspecified atom stereocenters. The molecule has 0 radical (unpaired) electrons. The summed E-state index contributed by atoms with van der Waals surface area (Å²) in [4.78, 5) is 12.8. The third-order valence-corrected chi connectivity index (χ3v) is 4.98. The van der Waals surface area contributed by atoms with Crippen molar-refractivity contribution >= 4 is 23.9 Å². The summed E-state index contributed by atoms with van der Waals surface area (Å²) in [6, 6.07) is 2.20. The van der Waals surface area contributed by atoms with Crippen molar-refractivity contribution in [3.63, 3.8) is 0 Å². The number of carbonyl (C=O) groups is 1. The number of fused-ring (bicyclic) bond motifs is 1. The SMILES string of the molecule is CN(C)N=C1[C@@H](CC=O)[C@H]2SC(C)(C)[C@H](C#N)N12. The second-order valence-electron chi connectivity index (χ2n) is 5.37. The van der Waals surface area contributed by atoms with Crippen molar-refractivity contribution in [2.75, 3.05) is 14.1 Å². The van der Waals surface area contributed by atoms with E-state index in [-0.39, 0.29) is 22.1 Å². The Bertz CT molecular complexity index is 426. The van der Waals surface area contributed by atoms with Gasteiger partial charge in [0.25, 0.3) is 0 Å². The van der Waals surface area contributed by atoms with E-state index in [9.17, 15) is 10.1 Å². The predicted octanol–water partition coefficient (Wildman–Crippen LogP) is 1.13. The number of amidine groups is 1. The van der Waals surface area contributed by atoms with Crippen LogP contribution < -0.4 is 0 Å². The lowest BCUT2D eigenvalue weighted by molar-refractivity contribution is -0.108. The van der Waals surface area contributed by atoms with E-state index in [2.05, 4.69) is 29.9 Å². The van der Waals surface area contributed by atoms with Crippen molar-refractivity contribution in [2.24, 2.45) is 11.0 Å². The first kappa shape index (κ1) is 13.2. The summed E-state index contributed by atoms with van der Waals surface area (Å²) in [5, 5.41) is 15.7. The topological polar surface area (TPSA) is 59.7 Å². The average Bonchev–Trinajstić information content (AvgIpc) is 2.51. The summed E-state index contributed by atoms with van der Waals surface area (Å²) in [7, 11) is 3.71. The van der Waals surface area contributed by atoms with Gasteiger partial charge in [-0.1, -0.05) is 0 Å². The van der Waals surface area contributed by atoms with Crippen LogP contribution in [0.25, 0.3) is 0 Å². The van der Waals surface area contributed by atoms with Crippen LogP contribution in [0, 0.1) is 17.2 Å². The van der Waals surface area contributed by atoms with Gasteiger partial charge < -0.3 is 14.7 Å². The molecule has 2 aliphatic heterocycles. The van der Waals surface area contributed by atoms with Crippen LogP contribution in [0.5, 0.6) is 0 Å². The van der Waals surface area contributed by atoms with Gasteiger partial charge in [-0.25, -0.2) is 0 Å². The lowest BCUT2D eigenvalue weighted by Gasteiger charge is -2.46. The summed E-state index contributed by atoms with van der Waals surface area (Å²) in [6.07, 6.45) is 1.43. The van der Waals surface area contributed by atoms with Crippen LogP contribution in [0.1, 0.15) is 20.3 Å². The number of nitriles is 1. The lowest BCUT2D eigenvalue weighted by Crippen LogP contribution is -2.60. The fourth-order valence-corrected chi connectivity index (χ4v) is 4.22. The Morgan fingerprint density at radius 3 is 2.78 bits per heavy atom. The Balaban J connectivity index is 2.31. The number of aldehydes is 1. The van der Waals surface area contributed by atoms with E-state index in [1.165, 1.54) is 0 Å². The van der Waals surface area contributed by atoms with Gasteiger partial charge in [0.05, 0.1) is 17.4 Å². The molecule has 0 aromatic heterocycles. The number of nitrogens with zero attached hydrogens (tertiary/aromatic N) is 4. The zero-order valence-corrected chi connectivity index (χ0v) is 11.9. The molecule has 2 rings (SSSR count). The van der Waals surface area contributed by atoms with Gasteiger partial charge in [-0.15, -0.1) is 11.8 Å². The Labute approximate surface area is 112 Å². The van der Waals surface area contributed by atoms with E-state index in [0.717, 1.165) is 12.1 Å². The smallest absolute Gasteiger partial charge is 0.133 e. The second kappa shape index (κ2) is 4.47. The van der Waals surface area contributed by atoms with Crippen molar-refractivity contribution in [3.8, 4) is 6.07 Å². The first-order valence-corrected chi connectivity index (χ1v) is 6.85. The zero-order chi connectivity index (χ0) is 13.5. The molecule has 6 heteroatoms. The van der Waals surface area contributed by atoms with Crippen molar-refractivity contribution in [1.82, 2.24) is 9.91 Å². The molecule has 0 saturated carbocycles. The van der Waals surface area contributed by atoms with E-state index >= 15 is 0 Å². The molecular weight excluding hydrogens is 248 g/mol. The van der Waals surface area contributed by atoms with E-state index in [0.29, 0.717) is 6.42 Å². The number of hydrazone groups is 1. The molecule has 2 fully saturated rings. The number of carbonyl (C=O) groups excluding carboxylic acids is 1.